The molecule has 2 aromatic heterocycles. The first-order chi connectivity index (χ1) is 14.3. The minimum Gasteiger partial charge on any atom is -0.376 e. The summed E-state index contributed by atoms with van der Waals surface area (Å²) in [6.07, 6.45) is 10.4. The van der Waals surface area contributed by atoms with E-state index in [-0.39, 0.29) is 12.0 Å². The standard InChI is InChI=1S/C21H22N6O2/c28-20-18-10-16(4-3-14(18)5-6-23-20)27-8-7-22-19(27)15-11-24-21(25-12-15)26-13-17-2-1-9-29-17/h3-4,7-8,10-12,17H,1-2,5-6,9,13H2,(H,23,28)(H,24,25,26). The number of benzene rings is 1. The van der Waals surface area contributed by atoms with Crippen molar-refractivity contribution in [3.05, 3.63) is 54.1 Å². The SMILES string of the molecule is O=C1NCCc2ccc(-n3ccnc3-c3cnc(NCC4CCCO4)nc3)cc21. The zero-order valence-electron chi connectivity index (χ0n) is 16.0. The average molecular weight is 390 g/mol. The molecular weight excluding hydrogens is 368 g/mol. The van der Waals surface area contributed by atoms with Crippen molar-refractivity contribution in [2.75, 3.05) is 25.0 Å². The van der Waals surface area contributed by atoms with E-state index in [0.29, 0.717) is 19.0 Å². The first-order valence-corrected chi connectivity index (χ1v) is 9.91. The lowest BCUT2D eigenvalue weighted by molar-refractivity contribution is 0.0946. The van der Waals surface area contributed by atoms with Crippen LogP contribution < -0.4 is 10.6 Å². The van der Waals surface area contributed by atoms with E-state index in [9.17, 15) is 4.79 Å². The predicted molar refractivity (Wildman–Crippen MR) is 108 cm³/mol. The number of carbonyl (C=O) groups excluding carboxylic acids is 1. The third-order valence-corrected chi connectivity index (χ3v) is 5.36. The molecule has 4 heterocycles. The molecule has 1 atom stereocenters. The third-order valence-electron chi connectivity index (χ3n) is 5.36. The first kappa shape index (κ1) is 17.8. The van der Waals surface area contributed by atoms with E-state index >= 15 is 0 Å². The molecule has 0 bridgehead atoms. The number of rotatable bonds is 5. The monoisotopic (exact) mass is 390 g/mol. The third kappa shape index (κ3) is 3.58. The molecule has 2 aliphatic rings. The Kier molecular flexibility index (Phi) is 4.69. The maximum Gasteiger partial charge on any atom is 0.251 e. The van der Waals surface area contributed by atoms with Crippen molar-refractivity contribution < 1.29 is 9.53 Å². The number of amides is 1. The minimum atomic E-state index is -0.0280. The van der Waals surface area contributed by atoms with Crippen molar-refractivity contribution >= 4 is 11.9 Å². The van der Waals surface area contributed by atoms with Gasteiger partial charge in [-0.2, -0.15) is 0 Å². The molecule has 1 aromatic carbocycles. The number of nitrogens with one attached hydrogen (secondary N) is 2. The van der Waals surface area contributed by atoms with Gasteiger partial charge < -0.3 is 15.4 Å². The zero-order valence-corrected chi connectivity index (χ0v) is 16.0. The molecule has 29 heavy (non-hydrogen) atoms. The Morgan fingerprint density at radius 2 is 2.14 bits per heavy atom. The second-order valence-electron chi connectivity index (χ2n) is 7.28. The van der Waals surface area contributed by atoms with Crippen molar-refractivity contribution in [2.45, 2.75) is 25.4 Å². The highest BCUT2D eigenvalue weighted by Crippen LogP contribution is 2.24. The Morgan fingerprint density at radius 1 is 1.24 bits per heavy atom. The van der Waals surface area contributed by atoms with E-state index in [1.807, 2.05) is 29.0 Å². The number of anilines is 1. The first-order valence-electron chi connectivity index (χ1n) is 9.91. The number of aromatic nitrogens is 4. The highest BCUT2D eigenvalue weighted by molar-refractivity contribution is 5.97. The van der Waals surface area contributed by atoms with Crippen LogP contribution in [0.15, 0.2) is 43.0 Å². The molecule has 1 saturated heterocycles. The molecule has 0 spiro atoms. The summed E-state index contributed by atoms with van der Waals surface area (Å²) in [7, 11) is 0. The molecule has 5 rings (SSSR count). The maximum atomic E-state index is 12.2. The fraction of sp³-hybridized carbons (Fsp3) is 0.333. The normalized spacial score (nSPS) is 18.3. The van der Waals surface area contributed by atoms with Gasteiger partial charge in [-0.3, -0.25) is 9.36 Å². The molecule has 1 amide bonds. The highest BCUT2D eigenvalue weighted by Gasteiger charge is 2.19. The van der Waals surface area contributed by atoms with Crippen LogP contribution in [0.4, 0.5) is 5.95 Å². The van der Waals surface area contributed by atoms with Crippen LogP contribution in [0, 0.1) is 0 Å². The number of fused-ring (bicyclic) bond motifs is 1. The molecule has 8 heteroatoms. The van der Waals surface area contributed by atoms with Crippen LogP contribution in [0.25, 0.3) is 17.1 Å². The van der Waals surface area contributed by atoms with Crippen LogP contribution in [0.5, 0.6) is 0 Å². The Labute approximate surface area is 168 Å². The Bertz CT molecular complexity index is 1020. The molecule has 8 nitrogen and oxygen atoms in total. The van der Waals surface area contributed by atoms with Gasteiger partial charge in [-0.15, -0.1) is 0 Å². The largest absolute Gasteiger partial charge is 0.376 e. The summed E-state index contributed by atoms with van der Waals surface area (Å²) in [6, 6.07) is 5.94. The fourth-order valence-electron chi connectivity index (χ4n) is 3.82. The summed E-state index contributed by atoms with van der Waals surface area (Å²) in [5.74, 6) is 1.28. The molecule has 0 aliphatic carbocycles. The van der Waals surface area contributed by atoms with Gasteiger partial charge in [0.05, 0.1) is 11.7 Å². The van der Waals surface area contributed by atoms with Crippen molar-refractivity contribution in [3.63, 3.8) is 0 Å². The van der Waals surface area contributed by atoms with Gasteiger partial charge in [0.25, 0.3) is 5.91 Å². The van der Waals surface area contributed by atoms with E-state index in [2.05, 4.69) is 25.6 Å². The van der Waals surface area contributed by atoms with E-state index < -0.39 is 0 Å². The molecule has 148 valence electrons. The quantitative estimate of drug-likeness (QED) is 0.694. The van der Waals surface area contributed by atoms with Crippen LogP contribution in [0.2, 0.25) is 0 Å². The molecule has 2 aliphatic heterocycles. The molecule has 0 saturated carbocycles. The van der Waals surface area contributed by atoms with E-state index in [0.717, 1.165) is 54.1 Å². The topological polar surface area (TPSA) is 94.0 Å². The fourth-order valence-corrected chi connectivity index (χ4v) is 3.82. The van der Waals surface area contributed by atoms with Gasteiger partial charge >= 0.3 is 0 Å². The van der Waals surface area contributed by atoms with Gasteiger partial charge in [-0.25, -0.2) is 15.0 Å². The van der Waals surface area contributed by atoms with Crippen LogP contribution in [-0.4, -0.2) is 51.2 Å². The number of nitrogens with zero attached hydrogens (tertiary/aromatic N) is 4. The van der Waals surface area contributed by atoms with Gasteiger partial charge in [-0.1, -0.05) is 6.07 Å². The number of imidazole rings is 1. The molecule has 1 fully saturated rings. The van der Waals surface area contributed by atoms with Crippen molar-refractivity contribution in [3.8, 4) is 17.1 Å². The van der Waals surface area contributed by atoms with Gasteiger partial charge in [0, 0.05) is 55.7 Å². The lowest BCUT2D eigenvalue weighted by Crippen LogP contribution is -2.31. The highest BCUT2D eigenvalue weighted by atomic mass is 16.5. The van der Waals surface area contributed by atoms with E-state index in [4.69, 9.17) is 4.74 Å². The van der Waals surface area contributed by atoms with Gasteiger partial charge in [-0.05, 0) is 37.0 Å². The van der Waals surface area contributed by atoms with Gasteiger partial charge in [0.2, 0.25) is 5.95 Å². The molecule has 0 radical (unpaired) electrons. The summed E-state index contributed by atoms with van der Waals surface area (Å²) in [6.45, 7) is 2.23. The number of carbonyl (C=O) groups is 1. The maximum absolute atomic E-state index is 12.2. The summed E-state index contributed by atoms with van der Waals surface area (Å²) in [5.41, 5.74) is 3.48. The average Bonchev–Trinajstić information content (AvgIpc) is 3.45. The van der Waals surface area contributed by atoms with E-state index in [1.54, 1.807) is 18.6 Å². The van der Waals surface area contributed by atoms with Crippen LogP contribution >= 0.6 is 0 Å². The minimum absolute atomic E-state index is 0.0280. The summed E-state index contributed by atoms with van der Waals surface area (Å²) in [4.78, 5) is 25.5. The van der Waals surface area contributed by atoms with Crippen LogP contribution in [0.3, 0.4) is 0 Å². The smallest absolute Gasteiger partial charge is 0.251 e. The lowest BCUT2D eigenvalue weighted by atomic mass is 10.00. The molecule has 2 N–H and O–H groups in total. The molecule has 1 unspecified atom stereocenters. The van der Waals surface area contributed by atoms with Crippen LogP contribution in [0.1, 0.15) is 28.8 Å². The number of ether oxygens (including phenoxy) is 1. The lowest BCUT2D eigenvalue weighted by Gasteiger charge is -2.18. The number of hydrogen-bond donors (Lipinski definition) is 2. The number of hydrogen-bond acceptors (Lipinski definition) is 6. The predicted octanol–water partition coefficient (Wildman–Crippen LogP) is 2.21. The van der Waals surface area contributed by atoms with E-state index in [1.165, 1.54) is 0 Å². The summed E-state index contributed by atoms with van der Waals surface area (Å²) < 4.78 is 7.55. The second kappa shape index (κ2) is 7.63. The van der Waals surface area contributed by atoms with Gasteiger partial charge in [0.15, 0.2) is 0 Å². The summed E-state index contributed by atoms with van der Waals surface area (Å²) >= 11 is 0. The Hall–Kier alpha value is -3.26. The Balaban J connectivity index is 1.37. The van der Waals surface area contributed by atoms with Crippen molar-refractivity contribution in [1.29, 1.82) is 0 Å². The Morgan fingerprint density at radius 3 is 2.97 bits per heavy atom. The van der Waals surface area contributed by atoms with Crippen molar-refractivity contribution in [2.24, 2.45) is 0 Å². The van der Waals surface area contributed by atoms with Crippen LogP contribution in [-0.2, 0) is 11.2 Å². The summed E-state index contributed by atoms with van der Waals surface area (Å²) in [5, 5.41) is 6.12. The molecule has 3 aromatic rings. The second-order valence-corrected chi connectivity index (χ2v) is 7.28. The molecular formula is C21H22N6O2. The van der Waals surface area contributed by atoms with Gasteiger partial charge in [0.1, 0.15) is 5.82 Å². The van der Waals surface area contributed by atoms with Crippen molar-refractivity contribution in [1.82, 2.24) is 24.8 Å². The zero-order chi connectivity index (χ0) is 19.6.